The smallest absolute Gasteiger partial charge is 0.266 e. The van der Waals surface area contributed by atoms with Crippen LogP contribution in [0.4, 0.5) is 0 Å². The van der Waals surface area contributed by atoms with Gasteiger partial charge in [0.2, 0.25) is 5.91 Å². The maximum absolute atomic E-state index is 13.4. The highest BCUT2D eigenvalue weighted by Gasteiger charge is 2.34. The van der Waals surface area contributed by atoms with Crippen LogP contribution in [0.15, 0.2) is 52.4 Å². The fourth-order valence-corrected chi connectivity index (χ4v) is 6.92. The molecule has 1 atom stereocenters. The Morgan fingerprint density at radius 2 is 2.00 bits per heavy atom. The van der Waals surface area contributed by atoms with Gasteiger partial charge in [0.05, 0.1) is 33.8 Å². The molecule has 0 N–H and O–H groups in total. The van der Waals surface area contributed by atoms with E-state index in [1.54, 1.807) is 41.3 Å². The first kappa shape index (κ1) is 23.8. The van der Waals surface area contributed by atoms with Crippen molar-refractivity contribution in [3.63, 3.8) is 0 Å². The quantitative estimate of drug-likeness (QED) is 0.376. The minimum atomic E-state index is -3.10. The summed E-state index contributed by atoms with van der Waals surface area (Å²) in [6, 6.07) is 12.1. The van der Waals surface area contributed by atoms with Crippen LogP contribution in [0.2, 0.25) is 5.02 Å². The first-order valence-electron chi connectivity index (χ1n) is 10.6. The molecular formula is C23H24ClN3O4S2. The molecule has 2 heterocycles. The molecule has 2 aromatic carbocycles. The van der Waals surface area contributed by atoms with Crippen LogP contribution < -0.4 is 5.56 Å². The van der Waals surface area contributed by atoms with Gasteiger partial charge in [-0.1, -0.05) is 41.6 Å². The van der Waals surface area contributed by atoms with Crippen LogP contribution >= 0.6 is 23.4 Å². The number of carbonyl (C=O) groups excluding carboxylic acids is 1. The average molecular weight is 506 g/mol. The zero-order valence-electron chi connectivity index (χ0n) is 18.3. The number of hydrogen-bond donors (Lipinski definition) is 0. The second-order valence-corrected chi connectivity index (χ2v) is 11.5. The van der Waals surface area contributed by atoms with Gasteiger partial charge in [0.1, 0.15) is 0 Å². The van der Waals surface area contributed by atoms with Crippen molar-refractivity contribution in [1.82, 2.24) is 14.5 Å². The largest absolute Gasteiger partial charge is 0.338 e. The molecule has 1 aliphatic heterocycles. The molecule has 1 aliphatic rings. The van der Waals surface area contributed by atoms with E-state index in [2.05, 4.69) is 4.98 Å². The Kier molecular flexibility index (Phi) is 6.83. The first-order chi connectivity index (χ1) is 15.7. The van der Waals surface area contributed by atoms with Gasteiger partial charge < -0.3 is 4.90 Å². The van der Waals surface area contributed by atoms with Crippen LogP contribution in [0.25, 0.3) is 16.6 Å². The Morgan fingerprint density at radius 3 is 2.70 bits per heavy atom. The van der Waals surface area contributed by atoms with E-state index in [9.17, 15) is 18.0 Å². The van der Waals surface area contributed by atoms with Crippen molar-refractivity contribution in [2.45, 2.75) is 31.5 Å². The highest BCUT2D eigenvalue weighted by molar-refractivity contribution is 7.99. The third-order valence-corrected chi connectivity index (χ3v) is 8.94. The Morgan fingerprint density at radius 1 is 1.24 bits per heavy atom. The predicted octanol–water partition coefficient (Wildman–Crippen LogP) is 3.48. The highest BCUT2D eigenvalue weighted by atomic mass is 35.5. The molecule has 0 radical (unpaired) electrons. The Bertz CT molecular complexity index is 1390. The fraction of sp³-hybridized carbons (Fsp3) is 0.348. The van der Waals surface area contributed by atoms with Crippen molar-refractivity contribution in [2.24, 2.45) is 0 Å². The number of carbonyl (C=O) groups is 1. The molecule has 33 heavy (non-hydrogen) atoms. The topological polar surface area (TPSA) is 89.3 Å². The standard InChI is InChI=1S/C23H24ClN3O4S2/c1-3-26(16-11-12-33(30,31)14-16)21(28)13-32-23-25-19-9-5-4-7-17(19)22(29)27(23)20-10-6-8-18(24)15(20)2/h4-10,16H,3,11-14H2,1-2H3. The van der Waals surface area contributed by atoms with Crippen LogP contribution in [0, 0.1) is 6.92 Å². The van der Waals surface area contributed by atoms with Crippen molar-refractivity contribution >= 4 is 50.0 Å². The number of fused-ring (bicyclic) bond motifs is 1. The number of nitrogens with zero attached hydrogens (tertiary/aromatic N) is 3. The third-order valence-electron chi connectivity index (χ3n) is 5.86. The van der Waals surface area contributed by atoms with Gasteiger partial charge in [-0.3, -0.25) is 14.2 Å². The summed E-state index contributed by atoms with van der Waals surface area (Å²) < 4.78 is 25.3. The van der Waals surface area contributed by atoms with E-state index < -0.39 is 9.84 Å². The van der Waals surface area contributed by atoms with Gasteiger partial charge in [-0.15, -0.1) is 0 Å². The van der Waals surface area contributed by atoms with Crippen LogP contribution in [0.1, 0.15) is 18.9 Å². The molecule has 174 valence electrons. The molecule has 1 saturated heterocycles. The lowest BCUT2D eigenvalue weighted by atomic mass is 10.2. The van der Waals surface area contributed by atoms with Gasteiger partial charge >= 0.3 is 0 Å². The normalized spacial score (nSPS) is 17.4. The van der Waals surface area contributed by atoms with E-state index in [1.165, 1.54) is 4.57 Å². The van der Waals surface area contributed by atoms with E-state index in [0.29, 0.717) is 39.7 Å². The lowest BCUT2D eigenvalue weighted by Gasteiger charge is -2.26. The Hall–Kier alpha value is -2.36. The lowest BCUT2D eigenvalue weighted by Crippen LogP contribution is -2.42. The number of halogens is 1. The van der Waals surface area contributed by atoms with Crippen molar-refractivity contribution in [2.75, 3.05) is 23.8 Å². The van der Waals surface area contributed by atoms with Crippen LogP contribution in [0.3, 0.4) is 0 Å². The molecule has 0 aliphatic carbocycles. The number of benzene rings is 2. The van der Waals surface area contributed by atoms with Crippen LogP contribution in [-0.4, -0.2) is 58.6 Å². The number of thioether (sulfide) groups is 1. The summed E-state index contributed by atoms with van der Waals surface area (Å²) in [5, 5.41) is 1.38. The van der Waals surface area contributed by atoms with Crippen LogP contribution in [-0.2, 0) is 14.6 Å². The van der Waals surface area contributed by atoms with Gasteiger partial charge in [0.15, 0.2) is 15.0 Å². The van der Waals surface area contributed by atoms with Crippen molar-refractivity contribution in [3.8, 4) is 5.69 Å². The number of amides is 1. The SMILES string of the molecule is CCN(C(=O)CSc1nc2ccccc2c(=O)n1-c1cccc(Cl)c1C)C1CCS(=O)(=O)C1. The Labute approximate surface area is 201 Å². The summed E-state index contributed by atoms with van der Waals surface area (Å²) in [5.41, 5.74) is 1.64. The summed E-state index contributed by atoms with van der Waals surface area (Å²) in [6.07, 6.45) is 0.452. The molecule has 0 spiro atoms. The molecule has 3 aromatic rings. The summed E-state index contributed by atoms with van der Waals surface area (Å²) >= 11 is 7.48. The van der Waals surface area contributed by atoms with E-state index in [1.807, 2.05) is 19.9 Å². The molecule has 4 rings (SSSR count). The molecule has 1 unspecified atom stereocenters. The number of hydrogen-bond acceptors (Lipinski definition) is 6. The molecule has 1 aromatic heterocycles. The van der Waals surface area contributed by atoms with Gasteiger partial charge in [0, 0.05) is 17.6 Å². The van der Waals surface area contributed by atoms with Crippen molar-refractivity contribution in [1.29, 1.82) is 0 Å². The second kappa shape index (κ2) is 9.48. The molecule has 1 fully saturated rings. The molecule has 0 bridgehead atoms. The zero-order chi connectivity index (χ0) is 23.8. The number of sulfone groups is 1. The minimum absolute atomic E-state index is 0.00209. The molecule has 0 saturated carbocycles. The molecule has 10 heteroatoms. The average Bonchev–Trinajstić information content (AvgIpc) is 3.14. The van der Waals surface area contributed by atoms with Crippen molar-refractivity contribution < 1.29 is 13.2 Å². The zero-order valence-corrected chi connectivity index (χ0v) is 20.7. The molecule has 1 amide bonds. The number of aromatic nitrogens is 2. The van der Waals surface area contributed by atoms with E-state index >= 15 is 0 Å². The van der Waals surface area contributed by atoms with Gasteiger partial charge in [-0.05, 0) is 50.1 Å². The molecule has 7 nitrogen and oxygen atoms in total. The molecular weight excluding hydrogens is 482 g/mol. The lowest BCUT2D eigenvalue weighted by molar-refractivity contribution is -0.129. The van der Waals surface area contributed by atoms with E-state index in [-0.39, 0.29) is 34.8 Å². The predicted molar refractivity (Wildman–Crippen MR) is 132 cm³/mol. The summed E-state index contributed by atoms with van der Waals surface area (Å²) in [4.78, 5) is 32.8. The van der Waals surface area contributed by atoms with Crippen LogP contribution in [0.5, 0.6) is 0 Å². The summed E-state index contributed by atoms with van der Waals surface area (Å²) in [5.74, 6) is -0.0393. The fourth-order valence-electron chi connectivity index (χ4n) is 4.13. The maximum atomic E-state index is 13.4. The van der Waals surface area contributed by atoms with Gasteiger partial charge in [-0.2, -0.15) is 0 Å². The summed E-state index contributed by atoms with van der Waals surface area (Å²) in [6.45, 7) is 4.09. The minimum Gasteiger partial charge on any atom is -0.338 e. The maximum Gasteiger partial charge on any atom is 0.266 e. The van der Waals surface area contributed by atoms with Crippen molar-refractivity contribution in [3.05, 3.63) is 63.4 Å². The summed E-state index contributed by atoms with van der Waals surface area (Å²) in [7, 11) is -3.10. The number of rotatable bonds is 6. The van der Waals surface area contributed by atoms with Gasteiger partial charge in [0.25, 0.3) is 5.56 Å². The Balaban J connectivity index is 1.71. The first-order valence-corrected chi connectivity index (χ1v) is 13.8. The van der Waals surface area contributed by atoms with Gasteiger partial charge in [-0.25, -0.2) is 13.4 Å². The second-order valence-electron chi connectivity index (χ2n) is 7.96. The van der Waals surface area contributed by atoms with E-state index in [4.69, 9.17) is 11.6 Å². The monoisotopic (exact) mass is 505 g/mol. The highest BCUT2D eigenvalue weighted by Crippen LogP contribution is 2.27. The third kappa shape index (κ3) is 4.81. The number of para-hydroxylation sites is 1. The van der Waals surface area contributed by atoms with E-state index in [0.717, 1.165) is 17.3 Å².